The number of aromatic carboxylic acids is 1. The molecule has 2 aliphatic rings. The quantitative estimate of drug-likeness (QED) is 0.228. The molecule has 1 aliphatic heterocycles. The van der Waals surface area contributed by atoms with E-state index in [1.165, 1.54) is 23.1 Å². The molecule has 218 valence electrons. The van der Waals surface area contributed by atoms with Crippen molar-refractivity contribution in [3.05, 3.63) is 94.6 Å². The number of nitrogens with zero attached hydrogens (tertiary/aromatic N) is 2. The van der Waals surface area contributed by atoms with E-state index in [1.54, 1.807) is 6.07 Å². The summed E-state index contributed by atoms with van der Waals surface area (Å²) in [5.74, 6) is -0.0373. The van der Waals surface area contributed by atoms with Crippen molar-refractivity contribution in [1.82, 2.24) is 9.88 Å². The van der Waals surface area contributed by atoms with Crippen LogP contribution in [0.2, 0.25) is 5.02 Å². The zero-order valence-electron chi connectivity index (χ0n) is 24.5. The van der Waals surface area contributed by atoms with Gasteiger partial charge in [0.1, 0.15) is 17.1 Å². The number of fused-ring (bicyclic) bond motifs is 1. The van der Waals surface area contributed by atoms with Crippen molar-refractivity contribution in [3.63, 3.8) is 0 Å². The number of hydrogen-bond donors (Lipinski definition) is 2. The number of ether oxygens (including phenoxy) is 1. The van der Waals surface area contributed by atoms with Gasteiger partial charge in [-0.15, -0.1) is 0 Å². The van der Waals surface area contributed by atoms with Crippen LogP contribution in [0.3, 0.4) is 0 Å². The molecule has 42 heavy (non-hydrogen) atoms. The zero-order chi connectivity index (χ0) is 29.4. The van der Waals surface area contributed by atoms with Gasteiger partial charge in [-0.25, -0.2) is 4.79 Å². The third kappa shape index (κ3) is 6.06. The minimum Gasteiger partial charge on any atom is -0.478 e. The molecule has 1 unspecified atom stereocenters. The van der Waals surface area contributed by atoms with Crippen LogP contribution in [0.1, 0.15) is 56.0 Å². The normalized spacial score (nSPS) is 19.3. The van der Waals surface area contributed by atoms with Gasteiger partial charge in [-0.2, -0.15) is 0 Å². The topological polar surface area (TPSA) is 68.8 Å². The molecular formula is C35H38ClN3O3. The van der Waals surface area contributed by atoms with Gasteiger partial charge in [0.2, 0.25) is 0 Å². The van der Waals surface area contributed by atoms with Crippen molar-refractivity contribution in [1.29, 1.82) is 0 Å². The highest BCUT2D eigenvalue weighted by molar-refractivity contribution is 6.30. The number of benzene rings is 3. The van der Waals surface area contributed by atoms with E-state index < -0.39 is 5.97 Å². The number of nitrogens with one attached hydrogen (secondary N) is 1. The monoisotopic (exact) mass is 583 g/mol. The fraction of sp³-hybridized carbons (Fsp3) is 0.343. The van der Waals surface area contributed by atoms with Crippen LogP contribution in [0, 0.1) is 5.41 Å². The Kier molecular flexibility index (Phi) is 7.77. The highest BCUT2D eigenvalue weighted by Crippen LogP contribution is 2.43. The van der Waals surface area contributed by atoms with E-state index in [1.807, 2.05) is 54.7 Å². The predicted octanol–water partition coefficient (Wildman–Crippen LogP) is 8.49. The highest BCUT2D eigenvalue weighted by Gasteiger charge is 2.31. The van der Waals surface area contributed by atoms with Crippen molar-refractivity contribution in [3.8, 4) is 11.5 Å². The molecule has 1 saturated heterocycles. The largest absolute Gasteiger partial charge is 0.478 e. The first-order valence-corrected chi connectivity index (χ1v) is 15.1. The number of carboxylic acids is 1. The summed E-state index contributed by atoms with van der Waals surface area (Å²) in [6.45, 7) is 10.7. The van der Waals surface area contributed by atoms with Gasteiger partial charge in [0.05, 0.1) is 0 Å². The second-order valence-corrected chi connectivity index (χ2v) is 13.0. The van der Waals surface area contributed by atoms with Crippen LogP contribution in [0.25, 0.3) is 16.5 Å². The molecule has 2 N–H and O–H groups in total. The Hall–Kier alpha value is -3.74. The fourth-order valence-corrected chi connectivity index (χ4v) is 6.59. The van der Waals surface area contributed by atoms with Gasteiger partial charge >= 0.3 is 5.97 Å². The number of carboxylic acid groups (broad SMARTS) is 1. The van der Waals surface area contributed by atoms with Crippen LogP contribution in [0.5, 0.6) is 11.5 Å². The van der Waals surface area contributed by atoms with Crippen molar-refractivity contribution in [2.45, 2.75) is 46.1 Å². The van der Waals surface area contributed by atoms with Gasteiger partial charge in [-0.1, -0.05) is 43.2 Å². The summed E-state index contributed by atoms with van der Waals surface area (Å²) in [5, 5.41) is 11.6. The fourth-order valence-electron chi connectivity index (χ4n) is 6.47. The molecule has 0 amide bonds. The number of H-pyrrole nitrogens is 1. The van der Waals surface area contributed by atoms with Crippen LogP contribution in [0.15, 0.2) is 78.5 Å². The molecule has 0 spiro atoms. The molecule has 3 aromatic carbocycles. The lowest BCUT2D eigenvalue weighted by atomic mass is 9.72. The molecule has 1 aliphatic carbocycles. The van der Waals surface area contributed by atoms with E-state index in [0.29, 0.717) is 16.9 Å². The van der Waals surface area contributed by atoms with E-state index in [0.717, 1.165) is 60.6 Å². The standard InChI is InChI=1S/C35H38ClN3O3/c1-23-21-38(22-26-12-14-35(2,3)20-31(26)24-4-6-27(36)7-5-24)16-17-39(23)28-8-10-30(34(40)41)33(19-28)42-29-9-11-32-25(18-29)13-15-37-32/h4-11,13,15,18-19,23,37H,12,14,16-17,20-22H2,1-3H3,(H,40,41). The van der Waals surface area contributed by atoms with Crippen LogP contribution in [-0.4, -0.2) is 53.2 Å². The maximum Gasteiger partial charge on any atom is 0.339 e. The number of halogens is 1. The van der Waals surface area contributed by atoms with E-state index in [-0.39, 0.29) is 11.6 Å². The number of carbonyl (C=O) groups is 1. The highest BCUT2D eigenvalue weighted by atomic mass is 35.5. The van der Waals surface area contributed by atoms with Crippen LogP contribution in [-0.2, 0) is 0 Å². The summed E-state index contributed by atoms with van der Waals surface area (Å²) < 4.78 is 6.17. The molecule has 0 saturated carbocycles. The molecule has 6 rings (SSSR count). The molecule has 6 nitrogen and oxygen atoms in total. The molecule has 4 aromatic rings. The van der Waals surface area contributed by atoms with Gasteiger partial charge in [-0.3, -0.25) is 4.90 Å². The predicted molar refractivity (Wildman–Crippen MR) is 171 cm³/mol. The first kappa shape index (κ1) is 28.4. The van der Waals surface area contributed by atoms with E-state index in [9.17, 15) is 9.90 Å². The summed E-state index contributed by atoms with van der Waals surface area (Å²) in [6, 6.07) is 21.7. The molecule has 2 heterocycles. The van der Waals surface area contributed by atoms with E-state index >= 15 is 0 Å². The smallest absolute Gasteiger partial charge is 0.339 e. The summed E-state index contributed by atoms with van der Waals surface area (Å²) in [4.78, 5) is 20.1. The maximum atomic E-state index is 12.0. The van der Waals surface area contributed by atoms with Crippen LogP contribution >= 0.6 is 11.6 Å². The molecule has 7 heteroatoms. The Bertz CT molecular complexity index is 1640. The van der Waals surface area contributed by atoms with Gasteiger partial charge in [-0.05, 0) is 91.3 Å². The summed E-state index contributed by atoms with van der Waals surface area (Å²) in [6.07, 6.45) is 5.27. The second-order valence-electron chi connectivity index (χ2n) is 12.5. The summed E-state index contributed by atoms with van der Waals surface area (Å²) in [7, 11) is 0. The minimum absolute atomic E-state index is 0.154. The lowest BCUT2D eigenvalue weighted by molar-refractivity contribution is 0.0694. The lowest BCUT2D eigenvalue weighted by Crippen LogP contribution is -2.52. The van der Waals surface area contributed by atoms with Crippen molar-refractivity contribution >= 4 is 39.7 Å². The minimum atomic E-state index is -1.00. The SMILES string of the molecule is CC1CN(CC2=C(c3ccc(Cl)cc3)CC(C)(C)CC2)CCN1c1ccc(C(=O)O)c(Oc2ccc3[nH]ccc3c2)c1. The average molecular weight is 584 g/mol. The number of piperazine rings is 1. The Balaban J connectivity index is 1.20. The number of anilines is 1. The number of hydrogen-bond acceptors (Lipinski definition) is 4. The lowest BCUT2D eigenvalue weighted by Gasteiger charge is -2.43. The van der Waals surface area contributed by atoms with Gasteiger partial charge in [0.15, 0.2) is 0 Å². The first-order valence-electron chi connectivity index (χ1n) is 14.7. The maximum absolute atomic E-state index is 12.0. The Labute approximate surface area is 252 Å². The number of rotatable bonds is 7. The molecule has 1 atom stereocenters. The van der Waals surface area contributed by atoms with E-state index in [4.69, 9.17) is 16.3 Å². The number of aromatic nitrogens is 1. The average Bonchev–Trinajstić information content (AvgIpc) is 3.42. The summed E-state index contributed by atoms with van der Waals surface area (Å²) in [5.41, 5.74) is 6.73. The Morgan fingerprint density at radius 1 is 1.07 bits per heavy atom. The third-order valence-corrected chi connectivity index (χ3v) is 9.04. The Morgan fingerprint density at radius 2 is 1.88 bits per heavy atom. The van der Waals surface area contributed by atoms with Crippen molar-refractivity contribution < 1.29 is 14.6 Å². The number of aromatic amines is 1. The first-order chi connectivity index (χ1) is 20.1. The molecule has 1 fully saturated rings. The van der Waals surface area contributed by atoms with E-state index in [2.05, 4.69) is 47.7 Å². The molecular weight excluding hydrogens is 546 g/mol. The van der Waals surface area contributed by atoms with Crippen LogP contribution in [0.4, 0.5) is 5.69 Å². The van der Waals surface area contributed by atoms with Crippen molar-refractivity contribution in [2.75, 3.05) is 31.1 Å². The molecule has 0 radical (unpaired) electrons. The molecule has 1 aromatic heterocycles. The zero-order valence-corrected chi connectivity index (χ0v) is 25.2. The van der Waals surface area contributed by atoms with Crippen LogP contribution < -0.4 is 9.64 Å². The van der Waals surface area contributed by atoms with Gasteiger partial charge < -0.3 is 19.7 Å². The second kappa shape index (κ2) is 11.5. The number of allylic oxidation sites excluding steroid dienone is 1. The molecule has 0 bridgehead atoms. The van der Waals surface area contributed by atoms with Gasteiger partial charge in [0, 0.05) is 66.1 Å². The third-order valence-electron chi connectivity index (χ3n) is 8.78. The van der Waals surface area contributed by atoms with Crippen molar-refractivity contribution in [2.24, 2.45) is 5.41 Å². The Morgan fingerprint density at radius 3 is 2.64 bits per heavy atom. The summed E-state index contributed by atoms with van der Waals surface area (Å²) >= 11 is 6.20. The van der Waals surface area contributed by atoms with Gasteiger partial charge in [0.25, 0.3) is 0 Å².